The van der Waals surface area contributed by atoms with Gasteiger partial charge in [0.05, 0.1) is 23.5 Å². The summed E-state index contributed by atoms with van der Waals surface area (Å²) in [7, 11) is 0. The van der Waals surface area contributed by atoms with Crippen molar-refractivity contribution in [2.45, 2.75) is 31.7 Å². The number of benzene rings is 1. The molecular weight excluding hydrogens is 242 g/mol. The molecule has 0 atom stereocenters. The Morgan fingerprint density at radius 1 is 1.37 bits per heavy atom. The lowest BCUT2D eigenvalue weighted by atomic mass is 10.1. The Labute approximate surface area is 113 Å². The van der Waals surface area contributed by atoms with Gasteiger partial charge in [-0.3, -0.25) is 4.79 Å². The lowest BCUT2D eigenvalue weighted by Gasteiger charge is -2.32. The number of nitrogen functional groups attached to an aromatic ring is 1. The van der Waals surface area contributed by atoms with E-state index in [0.29, 0.717) is 23.8 Å². The summed E-state index contributed by atoms with van der Waals surface area (Å²) < 4.78 is 0. The van der Waals surface area contributed by atoms with Crippen LogP contribution in [0.25, 0.3) is 0 Å². The first-order valence-corrected chi connectivity index (χ1v) is 6.71. The van der Waals surface area contributed by atoms with Crippen molar-refractivity contribution in [2.24, 2.45) is 5.73 Å². The predicted octanol–water partition coefficient (Wildman–Crippen LogP) is 1.11. The third-order valence-electron chi connectivity index (χ3n) is 3.76. The largest absolute Gasteiger partial charge is 0.396 e. The highest BCUT2D eigenvalue weighted by Crippen LogP contribution is 2.33. The van der Waals surface area contributed by atoms with Crippen LogP contribution >= 0.6 is 0 Å². The first-order valence-electron chi connectivity index (χ1n) is 6.71. The Balaban J connectivity index is 2.35. The molecule has 1 aromatic rings. The molecule has 1 aromatic carbocycles. The topological polar surface area (TPSA) is 92.6 Å². The van der Waals surface area contributed by atoms with E-state index in [0.717, 1.165) is 18.5 Å². The monoisotopic (exact) mass is 263 g/mol. The Morgan fingerprint density at radius 2 is 2.05 bits per heavy atom. The van der Waals surface area contributed by atoms with Gasteiger partial charge in [-0.2, -0.15) is 0 Å². The number of para-hydroxylation sites is 1. The van der Waals surface area contributed by atoms with Gasteiger partial charge in [-0.05, 0) is 25.0 Å². The van der Waals surface area contributed by atoms with E-state index in [-0.39, 0.29) is 6.61 Å². The summed E-state index contributed by atoms with van der Waals surface area (Å²) in [6.07, 6.45) is 4.59. The van der Waals surface area contributed by atoms with Crippen LogP contribution in [0.1, 0.15) is 36.0 Å². The van der Waals surface area contributed by atoms with Gasteiger partial charge < -0.3 is 21.5 Å². The summed E-state index contributed by atoms with van der Waals surface area (Å²) >= 11 is 0. The lowest BCUT2D eigenvalue weighted by molar-refractivity contribution is 0.100. The minimum absolute atomic E-state index is 0.0662. The van der Waals surface area contributed by atoms with E-state index < -0.39 is 5.91 Å². The lowest BCUT2D eigenvalue weighted by Crippen LogP contribution is -2.36. The Kier molecular flexibility index (Phi) is 4.27. The van der Waals surface area contributed by atoms with Crippen molar-refractivity contribution in [1.82, 2.24) is 0 Å². The van der Waals surface area contributed by atoms with Gasteiger partial charge in [0.25, 0.3) is 5.91 Å². The van der Waals surface area contributed by atoms with Crippen LogP contribution < -0.4 is 16.4 Å². The normalized spacial score (nSPS) is 15.6. The molecule has 0 aliphatic heterocycles. The van der Waals surface area contributed by atoms with Crippen LogP contribution in [0.5, 0.6) is 0 Å². The number of amides is 1. The maximum atomic E-state index is 11.4. The van der Waals surface area contributed by atoms with E-state index in [4.69, 9.17) is 11.5 Å². The van der Waals surface area contributed by atoms with E-state index in [1.807, 2.05) is 6.07 Å². The molecule has 0 unspecified atom stereocenters. The van der Waals surface area contributed by atoms with E-state index in [1.165, 1.54) is 12.8 Å². The fraction of sp³-hybridized carbons (Fsp3) is 0.500. The quantitative estimate of drug-likeness (QED) is 0.694. The predicted molar refractivity (Wildman–Crippen MR) is 76.1 cm³/mol. The Hall–Kier alpha value is -1.75. The summed E-state index contributed by atoms with van der Waals surface area (Å²) in [6.45, 7) is 0.591. The molecule has 0 bridgehead atoms. The number of primary amides is 1. The first-order chi connectivity index (χ1) is 9.15. The fourth-order valence-electron chi connectivity index (χ4n) is 2.84. The molecule has 0 aromatic heterocycles. The molecule has 19 heavy (non-hydrogen) atoms. The van der Waals surface area contributed by atoms with Crippen LogP contribution in [0.3, 0.4) is 0 Å². The molecule has 1 fully saturated rings. The molecule has 1 aliphatic rings. The number of nitrogens with two attached hydrogens (primary N) is 2. The van der Waals surface area contributed by atoms with E-state index in [9.17, 15) is 9.90 Å². The standard InChI is InChI=1S/C14H21N3O2/c15-13-11(14(16)19)6-3-7-12(13)17(8-9-18)10-4-1-2-5-10/h3,6-7,10,18H,1-2,4-5,8-9,15H2,(H2,16,19). The molecular formula is C14H21N3O2. The Bertz CT molecular complexity index is 456. The molecule has 5 N–H and O–H groups in total. The molecule has 0 spiro atoms. The number of anilines is 2. The molecule has 1 amide bonds. The zero-order chi connectivity index (χ0) is 13.8. The third-order valence-corrected chi connectivity index (χ3v) is 3.76. The zero-order valence-corrected chi connectivity index (χ0v) is 11.0. The van der Waals surface area contributed by atoms with Crippen LogP contribution in [0, 0.1) is 0 Å². The van der Waals surface area contributed by atoms with Gasteiger partial charge >= 0.3 is 0 Å². The molecule has 5 heteroatoms. The third kappa shape index (κ3) is 2.81. The average Bonchev–Trinajstić information content (AvgIpc) is 2.90. The van der Waals surface area contributed by atoms with Crippen LogP contribution in [0.2, 0.25) is 0 Å². The van der Waals surface area contributed by atoms with E-state index in [2.05, 4.69) is 4.90 Å². The van der Waals surface area contributed by atoms with Crippen molar-refractivity contribution in [3.63, 3.8) is 0 Å². The van der Waals surface area contributed by atoms with Crippen molar-refractivity contribution in [3.05, 3.63) is 23.8 Å². The summed E-state index contributed by atoms with van der Waals surface area (Å²) in [5.74, 6) is -0.519. The van der Waals surface area contributed by atoms with Gasteiger partial charge in [0.2, 0.25) is 0 Å². The van der Waals surface area contributed by atoms with Gasteiger partial charge in [-0.15, -0.1) is 0 Å². The van der Waals surface area contributed by atoms with Gasteiger partial charge in [-0.25, -0.2) is 0 Å². The van der Waals surface area contributed by atoms with E-state index >= 15 is 0 Å². The maximum Gasteiger partial charge on any atom is 0.250 e. The second-order valence-electron chi connectivity index (χ2n) is 4.96. The number of aliphatic hydroxyl groups excluding tert-OH is 1. The number of hydrogen-bond donors (Lipinski definition) is 3. The zero-order valence-electron chi connectivity index (χ0n) is 11.0. The SMILES string of the molecule is NC(=O)c1cccc(N(CCO)C2CCCC2)c1N. The van der Waals surface area contributed by atoms with Gasteiger partial charge in [0.15, 0.2) is 0 Å². The maximum absolute atomic E-state index is 11.4. The summed E-state index contributed by atoms with van der Waals surface area (Å²) in [4.78, 5) is 13.5. The molecule has 0 heterocycles. The highest BCUT2D eigenvalue weighted by Gasteiger charge is 2.24. The highest BCUT2D eigenvalue weighted by atomic mass is 16.3. The van der Waals surface area contributed by atoms with Crippen molar-refractivity contribution in [2.75, 3.05) is 23.8 Å². The van der Waals surface area contributed by atoms with Crippen LogP contribution in [0.15, 0.2) is 18.2 Å². The number of hydrogen-bond acceptors (Lipinski definition) is 4. The minimum atomic E-state index is -0.519. The van der Waals surface area contributed by atoms with Crippen molar-refractivity contribution >= 4 is 17.3 Å². The van der Waals surface area contributed by atoms with Gasteiger partial charge in [-0.1, -0.05) is 18.9 Å². The molecule has 0 radical (unpaired) electrons. The Morgan fingerprint density at radius 3 is 2.63 bits per heavy atom. The second kappa shape index (κ2) is 5.93. The van der Waals surface area contributed by atoms with Crippen molar-refractivity contribution < 1.29 is 9.90 Å². The number of aliphatic hydroxyl groups is 1. The number of nitrogens with zero attached hydrogens (tertiary/aromatic N) is 1. The molecule has 104 valence electrons. The average molecular weight is 263 g/mol. The molecule has 1 aliphatic carbocycles. The molecule has 1 saturated carbocycles. The van der Waals surface area contributed by atoms with Crippen molar-refractivity contribution in [3.8, 4) is 0 Å². The first kappa shape index (κ1) is 13.7. The van der Waals surface area contributed by atoms with Crippen molar-refractivity contribution in [1.29, 1.82) is 0 Å². The molecule has 0 saturated heterocycles. The molecule has 5 nitrogen and oxygen atoms in total. The van der Waals surface area contributed by atoms with Gasteiger partial charge in [0, 0.05) is 12.6 Å². The second-order valence-corrected chi connectivity index (χ2v) is 4.96. The van der Waals surface area contributed by atoms with Crippen LogP contribution in [-0.4, -0.2) is 30.2 Å². The highest BCUT2D eigenvalue weighted by molar-refractivity contribution is 6.00. The smallest absolute Gasteiger partial charge is 0.250 e. The van der Waals surface area contributed by atoms with Gasteiger partial charge in [0.1, 0.15) is 0 Å². The number of rotatable bonds is 5. The van der Waals surface area contributed by atoms with E-state index in [1.54, 1.807) is 12.1 Å². The summed E-state index contributed by atoms with van der Waals surface area (Å²) in [5, 5.41) is 9.25. The number of carbonyl (C=O) groups excluding carboxylic acids is 1. The summed E-state index contributed by atoms with van der Waals surface area (Å²) in [6, 6.07) is 5.69. The molecule has 2 rings (SSSR count). The fourth-order valence-corrected chi connectivity index (χ4v) is 2.84. The summed E-state index contributed by atoms with van der Waals surface area (Å²) in [5.41, 5.74) is 12.9. The minimum Gasteiger partial charge on any atom is -0.396 e. The van der Waals surface area contributed by atoms with Crippen LogP contribution in [-0.2, 0) is 0 Å². The number of carbonyl (C=O) groups is 1. The van der Waals surface area contributed by atoms with Crippen LogP contribution in [0.4, 0.5) is 11.4 Å².